The molecule has 0 bridgehead atoms. The minimum Gasteiger partial charge on any atom is -0.508 e. The van der Waals surface area contributed by atoms with Crippen LogP contribution in [0.1, 0.15) is 0 Å². The molecule has 4 rings (SSSR count). The fraction of sp³-hybridized carbons (Fsp3) is 0.143. The zero-order valence-electron chi connectivity index (χ0n) is 22.2. The number of nitro benzene ring substituents is 2. The van der Waals surface area contributed by atoms with E-state index in [9.17, 15) is 20.2 Å². The van der Waals surface area contributed by atoms with E-state index >= 15 is 0 Å². The fourth-order valence-electron chi connectivity index (χ4n) is 3.33. The van der Waals surface area contributed by atoms with Gasteiger partial charge in [-0.25, -0.2) is 0 Å². The topological polar surface area (TPSA) is 186 Å². The van der Waals surface area contributed by atoms with Crippen molar-refractivity contribution in [2.45, 2.75) is 0 Å². The number of methoxy groups -OCH3 is 2. The van der Waals surface area contributed by atoms with E-state index in [2.05, 4.69) is 4.74 Å². The number of nitrogens with two attached hydrogens (primary N) is 2. The number of aromatic hydroxyl groups is 1. The zero-order valence-corrected chi connectivity index (χ0v) is 23.0. The van der Waals surface area contributed by atoms with Crippen LogP contribution in [0, 0.1) is 20.2 Å². The molecule has 0 aliphatic heterocycles. The number of ether oxygens (including phenoxy) is 3. The SMILES string of the molecule is COCCl.COCOc1ccc(-c2ccc([N+](=O)[O-])c(N)c2)cc1.Nc1cc(-c2ccc(O)cc2)ccc1[N+](=O)[O-]. The number of phenols is 1. The van der Waals surface area contributed by atoms with E-state index in [0.717, 1.165) is 22.3 Å². The number of anilines is 2. The first-order chi connectivity index (χ1) is 19.6. The van der Waals surface area contributed by atoms with Crippen molar-refractivity contribution in [3.8, 4) is 33.8 Å². The van der Waals surface area contributed by atoms with Crippen molar-refractivity contribution in [1.29, 1.82) is 0 Å². The van der Waals surface area contributed by atoms with Gasteiger partial charge in [0.15, 0.2) is 6.79 Å². The first kappa shape index (κ1) is 32.3. The number of halogens is 1. The van der Waals surface area contributed by atoms with Gasteiger partial charge in [0.05, 0.1) is 9.85 Å². The molecule has 41 heavy (non-hydrogen) atoms. The molecule has 0 aliphatic carbocycles. The second-order valence-electron chi connectivity index (χ2n) is 8.08. The van der Waals surface area contributed by atoms with E-state index in [-0.39, 0.29) is 35.3 Å². The minimum absolute atomic E-state index is 0.0891. The van der Waals surface area contributed by atoms with Gasteiger partial charge in [0, 0.05) is 26.4 Å². The summed E-state index contributed by atoms with van der Waals surface area (Å²) in [6.07, 6.45) is 0. The summed E-state index contributed by atoms with van der Waals surface area (Å²) >= 11 is 4.96. The Labute approximate surface area is 240 Å². The first-order valence-electron chi connectivity index (χ1n) is 11.8. The second-order valence-corrected chi connectivity index (χ2v) is 8.30. The number of nitrogen functional groups attached to an aromatic ring is 2. The summed E-state index contributed by atoms with van der Waals surface area (Å²) < 4.78 is 14.4. The van der Waals surface area contributed by atoms with Gasteiger partial charge in [-0.3, -0.25) is 20.2 Å². The van der Waals surface area contributed by atoms with Crippen LogP contribution in [0.5, 0.6) is 11.5 Å². The molecule has 13 heteroatoms. The average Bonchev–Trinajstić information content (AvgIpc) is 2.96. The number of nitro groups is 2. The largest absolute Gasteiger partial charge is 0.508 e. The molecule has 12 nitrogen and oxygen atoms in total. The number of nitrogens with zero attached hydrogens (tertiary/aromatic N) is 2. The van der Waals surface area contributed by atoms with E-state index in [4.69, 9.17) is 37.6 Å². The molecule has 0 spiro atoms. The standard InChI is InChI=1S/C14H14N2O4.C12H10N2O3.C2H5ClO/c1-19-9-20-12-5-2-10(3-6-12)11-4-7-14(16(17)18)13(15)8-11;13-11-7-9(3-6-12(11)14(16)17)8-1-4-10(15)5-2-8;1-4-2-3/h2-8H,9,15H2,1H3;1-7,15H,13H2;2H2,1H3. The quantitative estimate of drug-likeness (QED) is 0.0706. The Morgan fingerprint density at radius 1 is 0.707 bits per heavy atom. The molecular formula is C28H29ClN4O8. The second kappa shape index (κ2) is 16.3. The van der Waals surface area contributed by atoms with E-state index in [0.29, 0.717) is 11.8 Å². The molecule has 0 aliphatic rings. The van der Waals surface area contributed by atoms with E-state index in [1.54, 1.807) is 74.9 Å². The van der Waals surface area contributed by atoms with Crippen molar-refractivity contribution in [3.63, 3.8) is 0 Å². The number of hydrogen-bond donors (Lipinski definition) is 3. The van der Waals surface area contributed by atoms with E-state index < -0.39 is 9.85 Å². The lowest BCUT2D eigenvalue weighted by molar-refractivity contribution is -0.384. The maximum atomic E-state index is 10.7. The smallest absolute Gasteiger partial charge is 0.292 e. The number of phenolic OH excluding ortho intramolecular Hbond substituents is 1. The van der Waals surface area contributed by atoms with Crippen LogP contribution in [-0.4, -0.2) is 42.0 Å². The van der Waals surface area contributed by atoms with Crippen LogP contribution in [0.2, 0.25) is 0 Å². The lowest BCUT2D eigenvalue weighted by Crippen LogP contribution is -1.98. The lowest BCUT2D eigenvalue weighted by atomic mass is 10.0. The summed E-state index contributed by atoms with van der Waals surface area (Å²) in [7, 11) is 3.10. The first-order valence-corrected chi connectivity index (χ1v) is 12.3. The number of rotatable bonds is 8. The highest BCUT2D eigenvalue weighted by Gasteiger charge is 2.12. The molecule has 216 valence electrons. The van der Waals surface area contributed by atoms with Gasteiger partial charge in [0.2, 0.25) is 0 Å². The fourth-order valence-corrected chi connectivity index (χ4v) is 3.33. The summed E-state index contributed by atoms with van der Waals surface area (Å²) in [4.78, 5) is 20.3. The van der Waals surface area contributed by atoms with Crippen LogP contribution in [0.3, 0.4) is 0 Å². The number of alkyl halides is 1. The van der Waals surface area contributed by atoms with E-state index in [1.807, 2.05) is 12.1 Å². The predicted octanol–water partition coefficient (Wildman–Crippen LogP) is 6.21. The molecule has 0 saturated carbocycles. The summed E-state index contributed by atoms with van der Waals surface area (Å²) in [6, 6.07) is 23.3. The Bertz CT molecular complexity index is 1430. The Balaban J connectivity index is 0.000000256. The van der Waals surface area contributed by atoms with Gasteiger partial charge < -0.3 is 30.8 Å². The van der Waals surface area contributed by atoms with Crippen LogP contribution in [0.15, 0.2) is 84.9 Å². The Morgan fingerprint density at radius 3 is 1.44 bits per heavy atom. The van der Waals surface area contributed by atoms with Gasteiger partial charge in [0.25, 0.3) is 11.4 Å². The van der Waals surface area contributed by atoms with Crippen molar-refractivity contribution >= 4 is 34.4 Å². The normalized spacial score (nSPS) is 9.93. The summed E-state index contributed by atoms with van der Waals surface area (Å²) in [5.41, 5.74) is 14.7. The molecule has 0 amide bonds. The lowest BCUT2D eigenvalue weighted by Gasteiger charge is -2.07. The number of hydrogen-bond acceptors (Lipinski definition) is 10. The summed E-state index contributed by atoms with van der Waals surface area (Å²) in [5.74, 6) is 0.856. The van der Waals surface area contributed by atoms with Crippen LogP contribution in [-0.2, 0) is 9.47 Å². The van der Waals surface area contributed by atoms with Gasteiger partial charge in [0.1, 0.15) is 28.9 Å². The number of benzene rings is 4. The summed E-state index contributed by atoms with van der Waals surface area (Å²) in [5, 5.41) is 30.5. The highest BCUT2D eigenvalue weighted by molar-refractivity contribution is 6.17. The van der Waals surface area contributed by atoms with Crippen molar-refractivity contribution in [2.75, 3.05) is 38.5 Å². The summed E-state index contributed by atoms with van der Waals surface area (Å²) in [6.45, 7) is 0.184. The van der Waals surface area contributed by atoms with Gasteiger partial charge in [-0.15, -0.1) is 0 Å². The maximum Gasteiger partial charge on any atom is 0.292 e. The molecule has 0 unspecified atom stereocenters. The van der Waals surface area contributed by atoms with Crippen LogP contribution in [0.25, 0.3) is 22.3 Å². The van der Waals surface area contributed by atoms with Crippen LogP contribution in [0.4, 0.5) is 22.7 Å². The van der Waals surface area contributed by atoms with Crippen molar-refractivity contribution in [1.82, 2.24) is 0 Å². The Hall–Kier alpha value is -4.91. The third-order valence-electron chi connectivity index (χ3n) is 5.29. The molecule has 0 aromatic heterocycles. The van der Waals surface area contributed by atoms with Crippen molar-refractivity contribution in [3.05, 3.63) is 105 Å². The highest BCUT2D eigenvalue weighted by Crippen LogP contribution is 2.30. The van der Waals surface area contributed by atoms with Gasteiger partial charge >= 0.3 is 0 Å². The molecule has 0 atom stereocenters. The third-order valence-corrected chi connectivity index (χ3v) is 5.51. The molecule has 5 N–H and O–H groups in total. The molecular weight excluding hydrogens is 556 g/mol. The van der Waals surface area contributed by atoms with Gasteiger partial charge in [-0.2, -0.15) is 0 Å². The molecule has 0 fully saturated rings. The van der Waals surface area contributed by atoms with Gasteiger partial charge in [-0.1, -0.05) is 35.9 Å². The molecule has 0 heterocycles. The minimum atomic E-state index is -0.518. The highest BCUT2D eigenvalue weighted by atomic mass is 35.5. The van der Waals surface area contributed by atoms with Crippen molar-refractivity contribution in [2.24, 2.45) is 0 Å². The maximum absolute atomic E-state index is 10.7. The predicted molar refractivity (Wildman–Crippen MR) is 158 cm³/mol. The third kappa shape index (κ3) is 9.97. The van der Waals surface area contributed by atoms with E-state index in [1.165, 1.54) is 12.1 Å². The van der Waals surface area contributed by atoms with Crippen LogP contribution >= 0.6 is 11.6 Å². The molecule has 4 aromatic carbocycles. The monoisotopic (exact) mass is 584 g/mol. The average molecular weight is 585 g/mol. The zero-order chi connectivity index (χ0) is 30.4. The van der Waals surface area contributed by atoms with Gasteiger partial charge in [-0.05, 0) is 70.8 Å². The molecule has 4 aromatic rings. The molecule has 0 radical (unpaired) electrons. The Kier molecular flexibility index (Phi) is 12.8. The van der Waals surface area contributed by atoms with Crippen LogP contribution < -0.4 is 16.2 Å². The van der Waals surface area contributed by atoms with Crippen molar-refractivity contribution < 1.29 is 29.2 Å². The molecule has 0 saturated heterocycles. The Morgan fingerprint density at radius 2 is 1.10 bits per heavy atom.